The fourth-order valence-electron chi connectivity index (χ4n) is 2.74. The van der Waals surface area contributed by atoms with Crippen LogP contribution in [0.5, 0.6) is 0 Å². The van der Waals surface area contributed by atoms with Gasteiger partial charge >= 0.3 is 6.03 Å². The molecule has 6 nitrogen and oxygen atoms in total. The fraction of sp³-hybridized carbons (Fsp3) is 0.227. The molecule has 2 N–H and O–H groups in total. The zero-order valence-corrected chi connectivity index (χ0v) is 17.8. The number of thiazole rings is 1. The number of rotatable bonds is 6. The molecule has 0 bridgehead atoms. The number of carbonyl (C=O) groups is 2. The zero-order valence-electron chi connectivity index (χ0n) is 17.0. The van der Waals surface area contributed by atoms with Gasteiger partial charge in [0, 0.05) is 43.7 Å². The molecule has 1 heterocycles. The van der Waals surface area contributed by atoms with E-state index in [1.807, 2.05) is 6.07 Å². The Morgan fingerprint density at radius 2 is 1.80 bits per heavy atom. The van der Waals surface area contributed by atoms with E-state index in [1.165, 1.54) is 22.3 Å². The minimum absolute atomic E-state index is 0.0693. The summed E-state index contributed by atoms with van der Waals surface area (Å²) >= 11 is 1.35. The van der Waals surface area contributed by atoms with Crippen molar-refractivity contribution in [3.05, 3.63) is 81.6 Å². The monoisotopic (exact) mass is 426 g/mol. The number of hydrogen-bond donors (Lipinski definition) is 2. The average molecular weight is 427 g/mol. The Labute approximate surface area is 178 Å². The van der Waals surface area contributed by atoms with Crippen LogP contribution in [0.25, 0.3) is 0 Å². The van der Waals surface area contributed by atoms with Gasteiger partial charge in [0.25, 0.3) is 5.91 Å². The largest absolute Gasteiger partial charge is 0.345 e. The number of carbonyl (C=O) groups excluding carboxylic acids is 2. The van der Waals surface area contributed by atoms with Crippen LogP contribution in [0.1, 0.15) is 31.9 Å². The standard InChI is InChI=1S/C22H23FN4O2S/c1-14-4-5-16(11-19(14)23)10-18-13-25-22(30-18)26-21(29)24-12-15-6-8-17(9-7-15)20(28)27(2)3/h4-9,11,13H,10,12H2,1-3H3,(H2,24,25,26,29). The highest BCUT2D eigenvalue weighted by Gasteiger charge is 2.10. The summed E-state index contributed by atoms with van der Waals surface area (Å²) in [7, 11) is 3.40. The second-order valence-electron chi connectivity index (χ2n) is 7.10. The van der Waals surface area contributed by atoms with Gasteiger partial charge in [-0.1, -0.05) is 24.3 Å². The molecule has 0 saturated heterocycles. The van der Waals surface area contributed by atoms with Gasteiger partial charge in [-0.15, -0.1) is 11.3 Å². The molecule has 0 spiro atoms. The van der Waals surface area contributed by atoms with Crippen molar-refractivity contribution < 1.29 is 14.0 Å². The van der Waals surface area contributed by atoms with Crippen LogP contribution in [-0.2, 0) is 13.0 Å². The number of hydrogen-bond acceptors (Lipinski definition) is 4. The topological polar surface area (TPSA) is 74.3 Å². The first-order valence-corrected chi connectivity index (χ1v) is 10.2. The summed E-state index contributed by atoms with van der Waals surface area (Å²) in [6, 6.07) is 11.9. The number of anilines is 1. The first kappa shape index (κ1) is 21.4. The molecule has 156 valence electrons. The third-order valence-electron chi connectivity index (χ3n) is 4.45. The minimum Gasteiger partial charge on any atom is -0.345 e. The van der Waals surface area contributed by atoms with Crippen LogP contribution in [-0.4, -0.2) is 35.9 Å². The Kier molecular flexibility index (Phi) is 6.79. The van der Waals surface area contributed by atoms with Crippen LogP contribution in [0.4, 0.5) is 14.3 Å². The normalized spacial score (nSPS) is 10.5. The van der Waals surface area contributed by atoms with E-state index < -0.39 is 0 Å². The molecule has 2 aromatic carbocycles. The highest BCUT2D eigenvalue weighted by atomic mass is 32.1. The molecular formula is C22H23FN4O2S. The van der Waals surface area contributed by atoms with E-state index >= 15 is 0 Å². The van der Waals surface area contributed by atoms with Crippen LogP contribution >= 0.6 is 11.3 Å². The SMILES string of the molecule is Cc1ccc(Cc2cnc(NC(=O)NCc3ccc(C(=O)N(C)C)cc3)s2)cc1F. The second-order valence-corrected chi connectivity index (χ2v) is 8.21. The quantitative estimate of drug-likeness (QED) is 0.620. The van der Waals surface area contributed by atoms with Crippen molar-refractivity contribution in [2.75, 3.05) is 19.4 Å². The molecule has 3 amide bonds. The van der Waals surface area contributed by atoms with Gasteiger partial charge in [-0.2, -0.15) is 0 Å². The molecule has 1 aromatic heterocycles. The molecule has 0 fully saturated rings. The maximum atomic E-state index is 13.7. The van der Waals surface area contributed by atoms with Crippen LogP contribution in [0.15, 0.2) is 48.7 Å². The fourth-order valence-corrected chi connectivity index (χ4v) is 3.58. The second kappa shape index (κ2) is 9.49. The van der Waals surface area contributed by atoms with E-state index in [1.54, 1.807) is 57.5 Å². The molecule has 3 rings (SSSR count). The average Bonchev–Trinajstić information content (AvgIpc) is 3.15. The van der Waals surface area contributed by atoms with Gasteiger partial charge in [0.15, 0.2) is 5.13 Å². The predicted octanol–water partition coefficient (Wildman–Crippen LogP) is 4.20. The summed E-state index contributed by atoms with van der Waals surface area (Å²) in [6.07, 6.45) is 2.23. The minimum atomic E-state index is -0.370. The molecule has 0 aliphatic carbocycles. The lowest BCUT2D eigenvalue weighted by Gasteiger charge is -2.11. The van der Waals surface area contributed by atoms with Gasteiger partial charge in [-0.05, 0) is 41.8 Å². The van der Waals surface area contributed by atoms with Crippen LogP contribution < -0.4 is 10.6 Å². The van der Waals surface area contributed by atoms with E-state index in [4.69, 9.17) is 0 Å². The summed E-state index contributed by atoms with van der Waals surface area (Å²) in [6.45, 7) is 2.05. The van der Waals surface area contributed by atoms with Gasteiger partial charge in [0.1, 0.15) is 5.82 Å². The van der Waals surface area contributed by atoms with Gasteiger partial charge in [0.05, 0.1) is 0 Å². The number of aromatic nitrogens is 1. The number of benzene rings is 2. The highest BCUT2D eigenvalue weighted by Crippen LogP contribution is 2.22. The van der Waals surface area contributed by atoms with Crippen LogP contribution in [0, 0.1) is 12.7 Å². The lowest BCUT2D eigenvalue weighted by molar-refractivity contribution is 0.0827. The van der Waals surface area contributed by atoms with Gasteiger partial charge in [-0.3, -0.25) is 10.1 Å². The number of nitrogens with zero attached hydrogens (tertiary/aromatic N) is 2. The Balaban J connectivity index is 1.50. The Morgan fingerprint density at radius 1 is 1.10 bits per heavy atom. The maximum Gasteiger partial charge on any atom is 0.321 e. The number of halogens is 1. The number of urea groups is 1. The summed E-state index contributed by atoms with van der Waals surface area (Å²) in [4.78, 5) is 30.7. The molecule has 0 radical (unpaired) electrons. The van der Waals surface area contributed by atoms with Crippen molar-refractivity contribution >= 4 is 28.4 Å². The van der Waals surface area contributed by atoms with Crippen molar-refractivity contribution in [1.82, 2.24) is 15.2 Å². The van der Waals surface area contributed by atoms with Crippen molar-refractivity contribution in [2.24, 2.45) is 0 Å². The highest BCUT2D eigenvalue weighted by molar-refractivity contribution is 7.15. The summed E-state index contributed by atoms with van der Waals surface area (Å²) in [5.74, 6) is -0.297. The molecule has 0 aliphatic rings. The van der Waals surface area contributed by atoms with Crippen molar-refractivity contribution in [2.45, 2.75) is 19.9 Å². The third kappa shape index (κ3) is 5.64. The maximum absolute atomic E-state index is 13.7. The first-order chi connectivity index (χ1) is 14.3. The van der Waals surface area contributed by atoms with Crippen LogP contribution in [0.2, 0.25) is 0 Å². The number of aryl methyl sites for hydroxylation is 1. The molecule has 0 saturated carbocycles. The predicted molar refractivity (Wildman–Crippen MR) is 116 cm³/mol. The lowest BCUT2D eigenvalue weighted by atomic mass is 10.1. The Hall–Kier alpha value is -3.26. The molecule has 0 atom stereocenters. The van der Waals surface area contributed by atoms with E-state index in [-0.39, 0.29) is 17.8 Å². The van der Waals surface area contributed by atoms with Gasteiger partial charge < -0.3 is 10.2 Å². The molecular weight excluding hydrogens is 403 g/mol. The summed E-state index contributed by atoms with van der Waals surface area (Å²) in [5, 5.41) is 5.94. The number of nitrogens with one attached hydrogen (secondary N) is 2. The first-order valence-electron chi connectivity index (χ1n) is 9.37. The third-order valence-corrected chi connectivity index (χ3v) is 5.36. The van der Waals surface area contributed by atoms with Crippen molar-refractivity contribution in [1.29, 1.82) is 0 Å². The van der Waals surface area contributed by atoms with E-state index in [0.717, 1.165) is 16.0 Å². The molecule has 8 heteroatoms. The van der Waals surface area contributed by atoms with Crippen molar-refractivity contribution in [3.8, 4) is 0 Å². The Morgan fingerprint density at radius 3 is 2.47 bits per heavy atom. The molecule has 3 aromatic rings. The molecule has 0 aliphatic heterocycles. The smallest absolute Gasteiger partial charge is 0.321 e. The summed E-state index contributed by atoms with van der Waals surface area (Å²) in [5.41, 5.74) is 2.94. The van der Waals surface area contributed by atoms with E-state index in [9.17, 15) is 14.0 Å². The molecule has 30 heavy (non-hydrogen) atoms. The zero-order chi connectivity index (χ0) is 21.7. The van der Waals surface area contributed by atoms with E-state index in [2.05, 4.69) is 15.6 Å². The lowest BCUT2D eigenvalue weighted by Crippen LogP contribution is -2.28. The van der Waals surface area contributed by atoms with E-state index in [0.29, 0.717) is 29.2 Å². The molecule has 0 unspecified atom stereocenters. The van der Waals surface area contributed by atoms with Gasteiger partial charge in [-0.25, -0.2) is 14.2 Å². The van der Waals surface area contributed by atoms with Crippen LogP contribution in [0.3, 0.4) is 0 Å². The number of amides is 3. The Bertz CT molecular complexity index is 1050. The van der Waals surface area contributed by atoms with Gasteiger partial charge in [0.2, 0.25) is 0 Å². The van der Waals surface area contributed by atoms with Crippen molar-refractivity contribution in [3.63, 3.8) is 0 Å². The summed E-state index contributed by atoms with van der Waals surface area (Å²) < 4.78 is 13.7.